The van der Waals surface area contributed by atoms with Gasteiger partial charge in [-0.05, 0) is 36.8 Å². The summed E-state index contributed by atoms with van der Waals surface area (Å²) in [5.74, 6) is 1.93. The average Bonchev–Trinajstić information content (AvgIpc) is 3.26. The molecule has 0 amide bonds. The summed E-state index contributed by atoms with van der Waals surface area (Å²) in [5.41, 5.74) is 4.33. The van der Waals surface area contributed by atoms with E-state index in [2.05, 4.69) is 16.0 Å². The van der Waals surface area contributed by atoms with Crippen LogP contribution in [0.15, 0.2) is 65.1 Å². The molecule has 0 bridgehead atoms. The predicted octanol–water partition coefficient (Wildman–Crippen LogP) is 5.20. The van der Waals surface area contributed by atoms with Crippen LogP contribution in [0.5, 0.6) is 0 Å². The van der Waals surface area contributed by atoms with Crippen LogP contribution in [0.2, 0.25) is 0 Å². The Kier molecular flexibility index (Phi) is 3.68. The molecule has 2 aromatic carbocycles. The molecule has 2 aromatic heterocycles. The first kappa shape index (κ1) is 15.0. The van der Waals surface area contributed by atoms with Crippen LogP contribution in [0, 0.1) is 18.3 Å². The molecule has 1 N–H and O–H groups in total. The van der Waals surface area contributed by atoms with Crippen molar-refractivity contribution in [3.05, 3.63) is 77.8 Å². The number of aryl methyl sites for hydroxylation is 1. The van der Waals surface area contributed by atoms with Crippen LogP contribution in [0.1, 0.15) is 17.1 Å². The molecule has 25 heavy (non-hydrogen) atoms. The van der Waals surface area contributed by atoms with E-state index in [4.69, 9.17) is 4.42 Å². The fourth-order valence-electron chi connectivity index (χ4n) is 2.73. The van der Waals surface area contributed by atoms with Crippen molar-refractivity contribution in [2.75, 3.05) is 0 Å². The number of furan rings is 1. The second kappa shape index (κ2) is 6.14. The topological polar surface area (TPSA) is 65.6 Å². The molecule has 0 atom stereocenters. The van der Waals surface area contributed by atoms with Gasteiger partial charge in [-0.2, -0.15) is 5.26 Å². The molecule has 4 heteroatoms. The van der Waals surface area contributed by atoms with E-state index in [0.717, 1.165) is 27.9 Å². The zero-order chi connectivity index (χ0) is 17.2. The van der Waals surface area contributed by atoms with Crippen LogP contribution in [-0.2, 0) is 0 Å². The van der Waals surface area contributed by atoms with E-state index in [1.165, 1.54) is 0 Å². The zero-order valence-corrected chi connectivity index (χ0v) is 13.7. The number of nitriles is 1. The summed E-state index contributed by atoms with van der Waals surface area (Å²) in [6, 6.07) is 21.8. The summed E-state index contributed by atoms with van der Waals surface area (Å²) in [4.78, 5) is 7.70. The number of imidazole rings is 1. The van der Waals surface area contributed by atoms with Crippen LogP contribution in [0.3, 0.4) is 0 Å². The Morgan fingerprint density at radius 3 is 2.76 bits per heavy atom. The maximum Gasteiger partial charge on any atom is 0.149 e. The largest absolute Gasteiger partial charge is 0.457 e. The fourth-order valence-corrected chi connectivity index (χ4v) is 2.73. The molecule has 4 nitrogen and oxygen atoms in total. The second-order valence-electron chi connectivity index (χ2n) is 5.84. The number of benzene rings is 2. The van der Waals surface area contributed by atoms with E-state index in [9.17, 15) is 5.26 Å². The minimum atomic E-state index is 0.433. The van der Waals surface area contributed by atoms with Gasteiger partial charge in [0.1, 0.15) is 23.4 Å². The first-order valence-corrected chi connectivity index (χ1v) is 7.97. The maximum atomic E-state index is 9.52. The van der Waals surface area contributed by atoms with Gasteiger partial charge in [-0.1, -0.05) is 36.4 Å². The molecule has 4 rings (SSSR count). The Balaban J connectivity index is 1.71. The van der Waals surface area contributed by atoms with Gasteiger partial charge in [-0.25, -0.2) is 4.98 Å². The highest BCUT2D eigenvalue weighted by atomic mass is 16.3. The van der Waals surface area contributed by atoms with Crippen molar-refractivity contribution in [2.45, 2.75) is 6.92 Å². The molecular formula is C21H15N3O. The smallest absolute Gasteiger partial charge is 0.149 e. The lowest BCUT2D eigenvalue weighted by atomic mass is 10.2. The Bertz CT molecular complexity index is 1110. The molecule has 4 aromatic rings. The number of hydrogen-bond acceptors (Lipinski definition) is 3. The van der Waals surface area contributed by atoms with Crippen molar-refractivity contribution in [1.29, 1.82) is 5.26 Å². The minimum Gasteiger partial charge on any atom is -0.457 e. The Morgan fingerprint density at radius 1 is 1.12 bits per heavy atom. The molecule has 0 saturated carbocycles. The summed E-state index contributed by atoms with van der Waals surface area (Å²) in [7, 11) is 0. The summed E-state index contributed by atoms with van der Waals surface area (Å²) in [6.45, 7) is 2.02. The Labute approximate surface area is 145 Å². The van der Waals surface area contributed by atoms with Gasteiger partial charge in [-0.15, -0.1) is 0 Å². The van der Waals surface area contributed by atoms with E-state index in [1.807, 2.05) is 67.6 Å². The summed E-state index contributed by atoms with van der Waals surface area (Å²) >= 11 is 0. The summed E-state index contributed by atoms with van der Waals surface area (Å²) in [6.07, 6.45) is 1.71. The standard InChI is InChI=1S/C21H15N3O/c1-14-7-9-18-19(11-14)24-21(23-18)16(13-22)12-17-8-10-20(25-17)15-5-3-2-4-6-15/h2-12H,1H3,(H,23,24). The third-order valence-corrected chi connectivity index (χ3v) is 3.98. The summed E-state index contributed by atoms with van der Waals surface area (Å²) in [5, 5.41) is 9.52. The van der Waals surface area contributed by atoms with Crippen LogP contribution in [-0.4, -0.2) is 9.97 Å². The van der Waals surface area contributed by atoms with Gasteiger partial charge in [-0.3, -0.25) is 0 Å². The Morgan fingerprint density at radius 2 is 1.96 bits per heavy atom. The first-order valence-electron chi connectivity index (χ1n) is 7.97. The lowest BCUT2D eigenvalue weighted by Gasteiger charge is -1.95. The molecule has 120 valence electrons. The van der Waals surface area contributed by atoms with Gasteiger partial charge in [0.25, 0.3) is 0 Å². The SMILES string of the molecule is Cc1ccc2nc(C(C#N)=Cc3ccc(-c4ccccc4)o3)[nH]c2c1. The number of hydrogen-bond donors (Lipinski definition) is 1. The fraction of sp³-hybridized carbons (Fsp3) is 0.0476. The summed E-state index contributed by atoms with van der Waals surface area (Å²) < 4.78 is 5.85. The van der Waals surface area contributed by atoms with E-state index >= 15 is 0 Å². The van der Waals surface area contributed by atoms with Crippen molar-refractivity contribution in [1.82, 2.24) is 9.97 Å². The number of aromatic nitrogens is 2. The minimum absolute atomic E-state index is 0.433. The number of rotatable bonds is 3. The molecule has 0 radical (unpaired) electrons. The molecular weight excluding hydrogens is 310 g/mol. The highest BCUT2D eigenvalue weighted by Gasteiger charge is 2.10. The van der Waals surface area contributed by atoms with Crippen LogP contribution in [0.4, 0.5) is 0 Å². The van der Waals surface area contributed by atoms with Gasteiger partial charge in [0.05, 0.1) is 16.6 Å². The third kappa shape index (κ3) is 2.96. The van der Waals surface area contributed by atoms with Crippen LogP contribution >= 0.6 is 0 Å². The Hall–Kier alpha value is -3.58. The van der Waals surface area contributed by atoms with E-state index in [-0.39, 0.29) is 0 Å². The monoisotopic (exact) mass is 325 g/mol. The number of nitrogens with zero attached hydrogens (tertiary/aromatic N) is 2. The van der Waals surface area contributed by atoms with Gasteiger partial charge >= 0.3 is 0 Å². The van der Waals surface area contributed by atoms with Gasteiger partial charge in [0, 0.05) is 11.6 Å². The van der Waals surface area contributed by atoms with Crippen LogP contribution in [0.25, 0.3) is 34.0 Å². The average molecular weight is 325 g/mol. The highest BCUT2D eigenvalue weighted by molar-refractivity contribution is 5.89. The number of nitrogens with one attached hydrogen (secondary N) is 1. The van der Waals surface area contributed by atoms with E-state index in [1.54, 1.807) is 6.08 Å². The highest BCUT2D eigenvalue weighted by Crippen LogP contribution is 2.25. The predicted molar refractivity (Wildman–Crippen MR) is 98.5 cm³/mol. The quantitative estimate of drug-likeness (QED) is 0.527. The molecule has 0 aliphatic heterocycles. The van der Waals surface area contributed by atoms with Crippen molar-refractivity contribution in [2.24, 2.45) is 0 Å². The molecule has 0 spiro atoms. The van der Waals surface area contributed by atoms with Crippen molar-refractivity contribution < 1.29 is 4.42 Å². The lowest BCUT2D eigenvalue weighted by molar-refractivity contribution is 0.572. The molecule has 0 fully saturated rings. The second-order valence-corrected chi connectivity index (χ2v) is 5.84. The number of fused-ring (bicyclic) bond motifs is 1. The van der Waals surface area contributed by atoms with Crippen molar-refractivity contribution >= 4 is 22.7 Å². The van der Waals surface area contributed by atoms with E-state index < -0.39 is 0 Å². The normalized spacial score (nSPS) is 11.6. The molecule has 0 unspecified atom stereocenters. The van der Waals surface area contributed by atoms with Gasteiger partial charge in [0.2, 0.25) is 0 Å². The number of aromatic amines is 1. The third-order valence-electron chi connectivity index (χ3n) is 3.98. The van der Waals surface area contributed by atoms with Crippen LogP contribution < -0.4 is 0 Å². The van der Waals surface area contributed by atoms with Crippen molar-refractivity contribution in [3.63, 3.8) is 0 Å². The molecule has 2 heterocycles. The first-order chi connectivity index (χ1) is 12.2. The van der Waals surface area contributed by atoms with Crippen molar-refractivity contribution in [3.8, 4) is 17.4 Å². The lowest BCUT2D eigenvalue weighted by Crippen LogP contribution is -1.84. The molecule has 0 aliphatic carbocycles. The zero-order valence-electron chi connectivity index (χ0n) is 13.7. The molecule has 0 saturated heterocycles. The molecule has 0 aliphatic rings. The number of allylic oxidation sites excluding steroid dienone is 1. The van der Waals surface area contributed by atoms with Gasteiger partial charge < -0.3 is 9.40 Å². The maximum absolute atomic E-state index is 9.52. The van der Waals surface area contributed by atoms with E-state index in [0.29, 0.717) is 17.2 Å². The van der Waals surface area contributed by atoms with Gasteiger partial charge in [0.15, 0.2) is 0 Å². The number of H-pyrrole nitrogens is 1.